The van der Waals surface area contributed by atoms with Crippen molar-refractivity contribution in [3.63, 3.8) is 0 Å². The third kappa shape index (κ3) is 5.02. The van der Waals surface area contributed by atoms with Gasteiger partial charge < -0.3 is 15.1 Å². The Morgan fingerprint density at radius 3 is 2.59 bits per heavy atom. The van der Waals surface area contributed by atoms with E-state index in [1.807, 2.05) is 64.1 Å². The third-order valence-electron chi connectivity index (χ3n) is 4.36. The van der Waals surface area contributed by atoms with Crippen LogP contribution in [0.15, 0.2) is 35.9 Å². The van der Waals surface area contributed by atoms with E-state index in [4.69, 9.17) is 4.98 Å². The van der Waals surface area contributed by atoms with Crippen LogP contribution in [0, 0.1) is 0 Å². The maximum atomic E-state index is 9.68. The van der Waals surface area contributed by atoms with Crippen molar-refractivity contribution in [2.24, 2.45) is 0 Å². The molecule has 5 heteroatoms. The van der Waals surface area contributed by atoms with Gasteiger partial charge in [0.15, 0.2) is 5.82 Å². The van der Waals surface area contributed by atoms with E-state index in [-0.39, 0.29) is 19.3 Å². The molecule has 0 saturated carbocycles. The summed E-state index contributed by atoms with van der Waals surface area (Å²) in [5.41, 5.74) is 2.80. The first-order valence-electron chi connectivity index (χ1n) is 9.21. The molecular formula is C22H29N3O2. The number of anilines is 1. The van der Waals surface area contributed by atoms with Crippen LogP contribution in [0.2, 0.25) is 0 Å². The second kappa shape index (κ2) is 9.44. The van der Waals surface area contributed by atoms with Crippen molar-refractivity contribution in [1.82, 2.24) is 9.97 Å². The number of aliphatic hydroxyl groups is 2. The molecule has 0 radical (unpaired) electrons. The lowest BCUT2D eigenvalue weighted by atomic mass is 10.1. The minimum absolute atomic E-state index is 0.0295. The van der Waals surface area contributed by atoms with Crippen LogP contribution >= 0.6 is 0 Å². The lowest BCUT2D eigenvalue weighted by molar-refractivity contribution is 0.267. The molecule has 0 aliphatic heterocycles. The summed E-state index contributed by atoms with van der Waals surface area (Å²) >= 11 is 0. The van der Waals surface area contributed by atoms with E-state index in [0.29, 0.717) is 17.7 Å². The number of likely N-dealkylation sites (N-methyl/N-ethyl adjacent to an activating group) is 1. The Balaban J connectivity index is 2.75. The van der Waals surface area contributed by atoms with Crippen LogP contribution in [0.4, 0.5) is 5.82 Å². The molecule has 27 heavy (non-hydrogen) atoms. The zero-order valence-electron chi connectivity index (χ0n) is 16.6. The van der Waals surface area contributed by atoms with E-state index in [2.05, 4.69) is 16.5 Å². The van der Waals surface area contributed by atoms with Gasteiger partial charge in [0.05, 0.1) is 24.6 Å². The highest BCUT2D eigenvalue weighted by molar-refractivity contribution is 5.60. The van der Waals surface area contributed by atoms with Crippen LogP contribution in [-0.4, -0.2) is 39.4 Å². The van der Waals surface area contributed by atoms with Crippen molar-refractivity contribution >= 4 is 18.5 Å². The number of benzene rings is 1. The van der Waals surface area contributed by atoms with Crippen LogP contribution < -0.4 is 15.5 Å². The largest absolute Gasteiger partial charge is 0.394 e. The van der Waals surface area contributed by atoms with E-state index in [0.717, 1.165) is 22.2 Å². The Kier molecular flexibility index (Phi) is 7.28. The summed E-state index contributed by atoms with van der Waals surface area (Å²) in [6.45, 7) is 12.9. The molecule has 1 atom stereocenters. The molecule has 2 N–H and O–H groups in total. The number of allylic oxidation sites excluding steroid dienone is 2. The van der Waals surface area contributed by atoms with E-state index in [1.54, 1.807) is 0 Å². The average Bonchev–Trinajstić information content (AvgIpc) is 2.67. The molecule has 2 rings (SSSR count). The highest BCUT2D eigenvalue weighted by Crippen LogP contribution is 2.18. The average molecular weight is 367 g/mol. The van der Waals surface area contributed by atoms with E-state index in [1.165, 1.54) is 5.57 Å². The zero-order chi connectivity index (χ0) is 20.0. The maximum Gasteiger partial charge on any atom is 0.162 e. The molecular weight excluding hydrogens is 338 g/mol. The number of aliphatic hydroxyl groups excluding tert-OH is 2. The van der Waals surface area contributed by atoms with E-state index in [9.17, 15) is 10.2 Å². The standard InChI is InChI=1S/C22H29N3O2/c1-6-25(16(4)13-26)22-20(11-10-15(2)3)17(5)23-21(24-22)19-9-7-8-18(12-19)14-27/h7-12,16,26-27H,5-6,13-14H2,1-4H3/b20-11+/t16-/m0/s1. The maximum absolute atomic E-state index is 9.68. The van der Waals surface area contributed by atoms with Gasteiger partial charge >= 0.3 is 0 Å². The quantitative estimate of drug-likeness (QED) is 0.783. The Bertz CT molecular complexity index is 918. The second-order valence-corrected chi connectivity index (χ2v) is 6.82. The fourth-order valence-corrected chi connectivity index (χ4v) is 2.85. The van der Waals surface area contributed by atoms with Gasteiger partial charge in [-0.25, -0.2) is 9.97 Å². The van der Waals surface area contributed by atoms with Crippen molar-refractivity contribution < 1.29 is 10.2 Å². The zero-order valence-corrected chi connectivity index (χ0v) is 16.6. The van der Waals surface area contributed by atoms with Crippen LogP contribution in [0.1, 0.15) is 33.3 Å². The summed E-state index contributed by atoms with van der Waals surface area (Å²) in [6, 6.07) is 7.45. The molecule has 0 unspecified atom stereocenters. The summed E-state index contributed by atoms with van der Waals surface area (Å²) in [5.74, 6) is 1.31. The summed E-state index contributed by atoms with van der Waals surface area (Å²) in [5, 5.41) is 20.6. The summed E-state index contributed by atoms with van der Waals surface area (Å²) in [6.07, 6.45) is 3.99. The van der Waals surface area contributed by atoms with Gasteiger partial charge in [-0.1, -0.05) is 36.4 Å². The van der Waals surface area contributed by atoms with Gasteiger partial charge in [0.25, 0.3) is 0 Å². The normalized spacial score (nSPS) is 12.7. The van der Waals surface area contributed by atoms with Crippen molar-refractivity contribution in [2.45, 2.75) is 40.3 Å². The molecule has 2 aromatic rings. The summed E-state index contributed by atoms with van der Waals surface area (Å²) < 4.78 is 0. The first-order chi connectivity index (χ1) is 12.9. The first kappa shape index (κ1) is 20.8. The van der Waals surface area contributed by atoms with Gasteiger partial charge in [0, 0.05) is 17.3 Å². The molecule has 0 amide bonds. The number of aromatic nitrogens is 2. The Morgan fingerprint density at radius 2 is 2.00 bits per heavy atom. The van der Waals surface area contributed by atoms with Crippen molar-refractivity contribution in [2.75, 3.05) is 18.1 Å². The minimum atomic E-state index is -0.0835. The summed E-state index contributed by atoms with van der Waals surface area (Å²) in [7, 11) is 0. The predicted octanol–water partition coefficient (Wildman–Crippen LogP) is 2.00. The predicted molar refractivity (Wildman–Crippen MR) is 112 cm³/mol. The Labute approximate surface area is 161 Å². The molecule has 0 aliphatic rings. The van der Waals surface area contributed by atoms with Gasteiger partial charge in [0.1, 0.15) is 5.82 Å². The Morgan fingerprint density at radius 1 is 1.26 bits per heavy atom. The molecule has 0 spiro atoms. The van der Waals surface area contributed by atoms with Gasteiger partial charge in [-0.2, -0.15) is 0 Å². The molecule has 0 saturated heterocycles. The van der Waals surface area contributed by atoms with Gasteiger partial charge in [0.2, 0.25) is 0 Å². The summed E-state index contributed by atoms with van der Waals surface area (Å²) in [4.78, 5) is 11.5. The monoisotopic (exact) mass is 367 g/mol. The Hall–Kier alpha value is -2.50. The van der Waals surface area contributed by atoms with Crippen molar-refractivity contribution in [3.8, 4) is 11.4 Å². The molecule has 0 bridgehead atoms. The molecule has 1 heterocycles. The van der Waals surface area contributed by atoms with Gasteiger partial charge in [-0.15, -0.1) is 0 Å². The highest BCUT2D eigenvalue weighted by Gasteiger charge is 2.17. The van der Waals surface area contributed by atoms with Gasteiger partial charge in [-0.3, -0.25) is 0 Å². The SMILES string of the molecule is C=c1nc(-c2cccc(CO)c2)nc(N(CC)[C@@H](C)CO)/c1=C/C=C(C)C. The third-order valence-corrected chi connectivity index (χ3v) is 4.36. The number of rotatable bonds is 7. The number of hydrogen-bond donors (Lipinski definition) is 2. The topological polar surface area (TPSA) is 69.5 Å². The molecule has 144 valence electrons. The van der Waals surface area contributed by atoms with Crippen LogP contribution in [0.3, 0.4) is 0 Å². The van der Waals surface area contributed by atoms with E-state index < -0.39 is 0 Å². The van der Waals surface area contributed by atoms with Crippen LogP contribution in [0.5, 0.6) is 0 Å². The van der Waals surface area contributed by atoms with Crippen LogP contribution in [0.25, 0.3) is 24.0 Å². The smallest absolute Gasteiger partial charge is 0.162 e. The van der Waals surface area contributed by atoms with Crippen molar-refractivity contribution in [1.29, 1.82) is 0 Å². The lowest BCUT2D eigenvalue weighted by Gasteiger charge is -2.28. The highest BCUT2D eigenvalue weighted by atomic mass is 16.3. The van der Waals surface area contributed by atoms with Crippen LogP contribution in [-0.2, 0) is 6.61 Å². The second-order valence-electron chi connectivity index (χ2n) is 6.82. The molecule has 1 aromatic carbocycles. The lowest BCUT2D eigenvalue weighted by Crippen LogP contribution is -2.43. The van der Waals surface area contributed by atoms with Gasteiger partial charge in [-0.05, 0) is 45.4 Å². The number of hydrogen-bond acceptors (Lipinski definition) is 5. The molecule has 1 aromatic heterocycles. The fraction of sp³-hybridized carbons (Fsp3) is 0.364. The molecule has 0 aliphatic carbocycles. The van der Waals surface area contributed by atoms with Crippen molar-refractivity contribution in [3.05, 3.63) is 52.0 Å². The molecule has 0 fully saturated rings. The minimum Gasteiger partial charge on any atom is -0.394 e. The molecule has 5 nitrogen and oxygen atoms in total. The fourth-order valence-electron chi connectivity index (χ4n) is 2.85. The first-order valence-corrected chi connectivity index (χ1v) is 9.21. The number of nitrogens with zero attached hydrogens (tertiary/aromatic N) is 3. The van der Waals surface area contributed by atoms with E-state index >= 15 is 0 Å².